The smallest absolute Gasteiger partial charge is 0.217 e. The summed E-state index contributed by atoms with van der Waals surface area (Å²) in [5.74, 6) is 0.283. The molecule has 1 heterocycles. The molecule has 1 fully saturated rings. The van der Waals surface area contributed by atoms with Crippen molar-refractivity contribution >= 4 is 21.6 Å². The molecule has 1 aliphatic rings. The summed E-state index contributed by atoms with van der Waals surface area (Å²) in [6.45, 7) is 6.14. The van der Waals surface area contributed by atoms with E-state index in [4.69, 9.17) is 16.3 Å². The highest BCUT2D eigenvalue weighted by atomic mass is 35.5. The lowest BCUT2D eigenvalue weighted by atomic mass is 9.94. The van der Waals surface area contributed by atoms with E-state index in [1.165, 1.54) is 0 Å². The second kappa shape index (κ2) is 4.80. The van der Waals surface area contributed by atoms with Gasteiger partial charge in [-0.15, -0.1) is 11.6 Å². The first kappa shape index (κ1) is 14.2. The quantitative estimate of drug-likeness (QED) is 0.790. The third kappa shape index (κ3) is 3.09. The number of ether oxygens (including phenoxy) is 1. The summed E-state index contributed by atoms with van der Waals surface area (Å²) in [5.41, 5.74) is -0.536. The van der Waals surface area contributed by atoms with Crippen molar-refractivity contribution in [3.8, 4) is 0 Å². The van der Waals surface area contributed by atoms with Crippen molar-refractivity contribution < 1.29 is 13.2 Å². The SMILES string of the molecule is CC(C)(C)S(=O)(=O)NC1(CCl)CCOCC1. The van der Waals surface area contributed by atoms with Gasteiger partial charge in [0, 0.05) is 19.1 Å². The Kier molecular flexibility index (Phi) is 4.27. The highest BCUT2D eigenvalue weighted by Crippen LogP contribution is 2.26. The average molecular weight is 270 g/mol. The van der Waals surface area contributed by atoms with Crippen LogP contribution in [0.5, 0.6) is 0 Å². The molecule has 0 bridgehead atoms. The van der Waals surface area contributed by atoms with Crippen LogP contribution >= 0.6 is 11.6 Å². The monoisotopic (exact) mass is 269 g/mol. The van der Waals surface area contributed by atoms with Gasteiger partial charge in [-0.05, 0) is 33.6 Å². The first-order chi connectivity index (χ1) is 7.22. The van der Waals surface area contributed by atoms with Crippen LogP contribution in [0.2, 0.25) is 0 Å². The van der Waals surface area contributed by atoms with Crippen molar-refractivity contribution in [1.29, 1.82) is 0 Å². The van der Waals surface area contributed by atoms with E-state index in [0.29, 0.717) is 26.1 Å². The van der Waals surface area contributed by atoms with Crippen LogP contribution in [0.4, 0.5) is 0 Å². The third-order valence-corrected chi connectivity index (χ3v) is 5.69. The maximum atomic E-state index is 12.1. The molecule has 1 N–H and O–H groups in total. The van der Waals surface area contributed by atoms with Crippen LogP contribution in [-0.4, -0.2) is 37.8 Å². The number of halogens is 1. The molecular weight excluding hydrogens is 250 g/mol. The number of alkyl halides is 1. The summed E-state index contributed by atoms with van der Waals surface area (Å²) in [4.78, 5) is 0. The Morgan fingerprint density at radius 1 is 1.31 bits per heavy atom. The zero-order valence-corrected chi connectivity index (χ0v) is 11.6. The Morgan fingerprint density at radius 2 is 1.81 bits per heavy atom. The van der Waals surface area contributed by atoms with Gasteiger partial charge < -0.3 is 4.74 Å². The van der Waals surface area contributed by atoms with Crippen LogP contribution < -0.4 is 4.72 Å². The molecule has 1 rings (SSSR count). The fourth-order valence-electron chi connectivity index (χ4n) is 1.46. The van der Waals surface area contributed by atoms with E-state index in [1.54, 1.807) is 20.8 Å². The van der Waals surface area contributed by atoms with E-state index < -0.39 is 20.3 Å². The van der Waals surface area contributed by atoms with Gasteiger partial charge in [-0.3, -0.25) is 0 Å². The highest BCUT2D eigenvalue weighted by Gasteiger charge is 2.40. The van der Waals surface area contributed by atoms with Crippen LogP contribution in [0.1, 0.15) is 33.6 Å². The second-order valence-electron chi connectivity index (χ2n) is 5.24. The standard InChI is InChI=1S/C10H20ClNO3S/c1-9(2,3)16(13,14)12-10(8-11)4-6-15-7-5-10/h12H,4-8H2,1-3H3. The minimum atomic E-state index is -3.36. The van der Waals surface area contributed by atoms with Gasteiger partial charge in [-0.25, -0.2) is 13.1 Å². The minimum Gasteiger partial charge on any atom is -0.381 e. The molecule has 1 aliphatic heterocycles. The van der Waals surface area contributed by atoms with Crippen LogP contribution in [0.25, 0.3) is 0 Å². The lowest BCUT2D eigenvalue weighted by molar-refractivity contribution is 0.0547. The molecule has 0 radical (unpaired) electrons. The van der Waals surface area contributed by atoms with E-state index >= 15 is 0 Å². The predicted molar refractivity (Wildman–Crippen MR) is 65.3 cm³/mol. The highest BCUT2D eigenvalue weighted by molar-refractivity contribution is 7.90. The van der Waals surface area contributed by atoms with Gasteiger partial charge in [0.25, 0.3) is 0 Å². The van der Waals surface area contributed by atoms with E-state index in [-0.39, 0.29) is 5.88 Å². The Bertz CT molecular complexity index is 328. The van der Waals surface area contributed by atoms with Gasteiger partial charge >= 0.3 is 0 Å². The van der Waals surface area contributed by atoms with Crippen molar-refractivity contribution in [3.63, 3.8) is 0 Å². The number of hydrogen-bond donors (Lipinski definition) is 1. The van der Waals surface area contributed by atoms with E-state index in [2.05, 4.69) is 4.72 Å². The van der Waals surface area contributed by atoms with Gasteiger partial charge in [0.1, 0.15) is 0 Å². The Balaban J connectivity index is 2.85. The van der Waals surface area contributed by atoms with Gasteiger partial charge in [-0.1, -0.05) is 0 Å². The number of hydrogen-bond acceptors (Lipinski definition) is 3. The molecule has 16 heavy (non-hydrogen) atoms. The van der Waals surface area contributed by atoms with Crippen molar-refractivity contribution in [2.24, 2.45) is 0 Å². The van der Waals surface area contributed by atoms with Crippen molar-refractivity contribution in [2.45, 2.75) is 43.9 Å². The molecule has 4 nitrogen and oxygen atoms in total. The van der Waals surface area contributed by atoms with Crippen molar-refractivity contribution in [2.75, 3.05) is 19.1 Å². The summed E-state index contributed by atoms with van der Waals surface area (Å²) in [6, 6.07) is 0. The van der Waals surface area contributed by atoms with E-state index in [1.807, 2.05) is 0 Å². The zero-order valence-electron chi connectivity index (χ0n) is 10.0. The van der Waals surface area contributed by atoms with Gasteiger partial charge in [0.2, 0.25) is 10.0 Å². The number of rotatable bonds is 3. The normalized spacial score (nSPS) is 22.0. The number of nitrogens with one attached hydrogen (secondary N) is 1. The van der Waals surface area contributed by atoms with Crippen molar-refractivity contribution in [1.82, 2.24) is 4.72 Å². The topological polar surface area (TPSA) is 55.4 Å². The summed E-state index contributed by atoms with van der Waals surface area (Å²) in [6.07, 6.45) is 1.26. The Labute approximate surface area is 103 Å². The fraction of sp³-hybridized carbons (Fsp3) is 1.00. The first-order valence-corrected chi connectivity index (χ1v) is 7.41. The minimum absolute atomic E-state index is 0.283. The summed E-state index contributed by atoms with van der Waals surface area (Å²) < 4.78 is 31.3. The molecule has 0 saturated carbocycles. The maximum absolute atomic E-state index is 12.1. The zero-order chi connectivity index (χ0) is 12.4. The Morgan fingerprint density at radius 3 is 2.19 bits per heavy atom. The molecule has 96 valence electrons. The lowest BCUT2D eigenvalue weighted by Gasteiger charge is -2.38. The molecule has 0 amide bonds. The maximum Gasteiger partial charge on any atom is 0.217 e. The van der Waals surface area contributed by atoms with Crippen LogP contribution in [0.3, 0.4) is 0 Å². The fourth-order valence-corrected chi connectivity index (χ4v) is 3.03. The van der Waals surface area contributed by atoms with Gasteiger partial charge in [-0.2, -0.15) is 0 Å². The Hall–Kier alpha value is 0.160. The molecule has 0 atom stereocenters. The first-order valence-electron chi connectivity index (χ1n) is 5.40. The molecule has 0 spiro atoms. The number of sulfonamides is 1. The molecular formula is C10H20ClNO3S. The largest absolute Gasteiger partial charge is 0.381 e. The van der Waals surface area contributed by atoms with Crippen molar-refractivity contribution in [3.05, 3.63) is 0 Å². The summed E-state index contributed by atoms with van der Waals surface area (Å²) >= 11 is 5.91. The van der Waals surface area contributed by atoms with Crippen LogP contribution in [-0.2, 0) is 14.8 Å². The molecule has 0 aromatic heterocycles. The predicted octanol–water partition coefficient (Wildman–Crippen LogP) is 1.49. The molecule has 0 aromatic rings. The molecule has 6 heteroatoms. The summed E-state index contributed by atoms with van der Waals surface area (Å²) in [7, 11) is -3.36. The van der Waals surface area contributed by atoms with Crippen LogP contribution in [0.15, 0.2) is 0 Å². The lowest BCUT2D eigenvalue weighted by Crippen LogP contribution is -2.57. The van der Waals surface area contributed by atoms with E-state index in [0.717, 1.165) is 0 Å². The molecule has 0 unspecified atom stereocenters. The second-order valence-corrected chi connectivity index (χ2v) is 7.95. The molecule has 0 aromatic carbocycles. The molecule has 1 saturated heterocycles. The van der Waals surface area contributed by atoms with Crippen LogP contribution in [0, 0.1) is 0 Å². The van der Waals surface area contributed by atoms with Gasteiger partial charge in [0.05, 0.1) is 10.3 Å². The van der Waals surface area contributed by atoms with E-state index in [9.17, 15) is 8.42 Å². The third-order valence-electron chi connectivity index (χ3n) is 2.86. The summed E-state index contributed by atoms with van der Waals surface area (Å²) in [5, 5.41) is 0. The molecule has 0 aliphatic carbocycles. The average Bonchev–Trinajstić information content (AvgIpc) is 2.17. The van der Waals surface area contributed by atoms with Gasteiger partial charge in [0.15, 0.2) is 0 Å².